The van der Waals surface area contributed by atoms with Crippen molar-refractivity contribution in [1.29, 1.82) is 0 Å². The average molecular weight is 488 g/mol. The van der Waals surface area contributed by atoms with Gasteiger partial charge in [-0.05, 0) is 42.7 Å². The number of carboxylic acid groups (broad SMARTS) is 1. The van der Waals surface area contributed by atoms with Crippen molar-refractivity contribution in [3.8, 4) is 17.2 Å². The first-order valence-corrected chi connectivity index (χ1v) is 11.9. The molecule has 0 saturated carbocycles. The number of hydrogen-bond donors (Lipinski definition) is 2. The van der Waals surface area contributed by atoms with E-state index in [0.29, 0.717) is 30.3 Å². The molecule has 2 N–H and O–H groups in total. The lowest BCUT2D eigenvalue weighted by molar-refractivity contribution is -0.137. The molecular weight excluding hydrogens is 458 g/mol. The topological polar surface area (TPSA) is 115 Å². The van der Waals surface area contributed by atoms with Crippen LogP contribution in [0, 0.1) is 5.92 Å². The van der Waals surface area contributed by atoms with E-state index in [-0.39, 0.29) is 30.6 Å². The Labute approximate surface area is 209 Å². The van der Waals surface area contributed by atoms with Gasteiger partial charge in [-0.25, -0.2) is 9.97 Å². The molecule has 0 radical (unpaired) electrons. The van der Waals surface area contributed by atoms with Crippen LogP contribution in [0.3, 0.4) is 0 Å². The average Bonchev–Trinajstić information content (AvgIpc) is 3.31. The van der Waals surface area contributed by atoms with Gasteiger partial charge in [-0.1, -0.05) is 32.0 Å². The summed E-state index contributed by atoms with van der Waals surface area (Å²) in [6.45, 7) is 4.55. The van der Waals surface area contributed by atoms with Crippen molar-refractivity contribution >= 4 is 28.5 Å². The number of pyridine rings is 2. The third-order valence-electron chi connectivity index (χ3n) is 5.88. The Hall–Kier alpha value is -4.20. The Balaban J connectivity index is 1.32. The number of fused-ring (bicyclic) bond motifs is 1. The summed E-state index contributed by atoms with van der Waals surface area (Å²) in [5, 5.41) is 13.1. The van der Waals surface area contributed by atoms with E-state index in [0.717, 1.165) is 22.3 Å². The zero-order chi connectivity index (χ0) is 25.5. The molecule has 4 rings (SSSR count). The summed E-state index contributed by atoms with van der Waals surface area (Å²) < 4.78 is 11.8. The zero-order valence-electron chi connectivity index (χ0n) is 20.3. The molecule has 1 aromatic carbocycles. The SMILES string of the molecule is CC(C)[C@@H](COc1ccc(-c2cc3ccccc3o2)cn1)Nc1ccc(C(=O)CCCC(=O)O)cn1. The van der Waals surface area contributed by atoms with Crippen LogP contribution >= 0.6 is 0 Å². The Morgan fingerprint density at radius 1 is 1.03 bits per heavy atom. The zero-order valence-corrected chi connectivity index (χ0v) is 20.3. The van der Waals surface area contributed by atoms with Gasteiger partial charge in [-0.15, -0.1) is 0 Å². The molecule has 3 heterocycles. The van der Waals surface area contributed by atoms with Crippen LogP contribution in [-0.4, -0.2) is 39.5 Å². The smallest absolute Gasteiger partial charge is 0.303 e. The molecule has 0 fully saturated rings. The van der Waals surface area contributed by atoms with Gasteiger partial charge in [-0.2, -0.15) is 0 Å². The molecule has 0 bridgehead atoms. The van der Waals surface area contributed by atoms with E-state index < -0.39 is 5.97 Å². The minimum atomic E-state index is -0.903. The van der Waals surface area contributed by atoms with Crippen LogP contribution in [0.15, 0.2) is 71.4 Å². The highest BCUT2D eigenvalue weighted by Crippen LogP contribution is 2.28. The highest BCUT2D eigenvalue weighted by Gasteiger charge is 2.16. The van der Waals surface area contributed by atoms with Crippen molar-refractivity contribution in [2.75, 3.05) is 11.9 Å². The maximum absolute atomic E-state index is 12.2. The molecule has 1 atom stereocenters. The fourth-order valence-electron chi connectivity index (χ4n) is 3.69. The fourth-order valence-corrected chi connectivity index (χ4v) is 3.69. The summed E-state index contributed by atoms with van der Waals surface area (Å²) >= 11 is 0. The largest absolute Gasteiger partial charge is 0.481 e. The number of carbonyl (C=O) groups is 2. The van der Waals surface area contributed by atoms with Gasteiger partial charge < -0.3 is 19.6 Å². The van der Waals surface area contributed by atoms with Gasteiger partial charge in [0.25, 0.3) is 0 Å². The quantitative estimate of drug-likeness (QED) is 0.239. The minimum absolute atomic E-state index is 0.0215. The number of Topliss-reactive ketones (excluding diaryl/α,β-unsaturated/α-hetero) is 1. The molecule has 0 amide bonds. The van der Waals surface area contributed by atoms with Gasteiger partial charge in [0, 0.05) is 47.8 Å². The van der Waals surface area contributed by atoms with Crippen molar-refractivity contribution < 1.29 is 23.8 Å². The highest BCUT2D eigenvalue weighted by molar-refractivity contribution is 5.96. The molecule has 8 heteroatoms. The van der Waals surface area contributed by atoms with Crippen molar-refractivity contribution in [3.05, 3.63) is 72.6 Å². The van der Waals surface area contributed by atoms with E-state index in [1.807, 2.05) is 42.5 Å². The molecule has 0 unspecified atom stereocenters. The Morgan fingerprint density at radius 3 is 2.53 bits per heavy atom. The van der Waals surface area contributed by atoms with Crippen LogP contribution in [-0.2, 0) is 4.79 Å². The van der Waals surface area contributed by atoms with Crippen LogP contribution in [0.2, 0.25) is 0 Å². The number of hydrogen-bond acceptors (Lipinski definition) is 7. The summed E-state index contributed by atoms with van der Waals surface area (Å²) in [5.74, 6) is 1.13. The lowest BCUT2D eigenvalue weighted by Crippen LogP contribution is -2.32. The number of nitrogens with zero attached hydrogens (tertiary/aromatic N) is 2. The lowest BCUT2D eigenvalue weighted by atomic mass is 10.1. The van der Waals surface area contributed by atoms with Gasteiger partial charge in [0.15, 0.2) is 5.78 Å². The molecule has 0 aliphatic carbocycles. The molecule has 0 spiro atoms. The standard InChI is InChI=1S/C28H29N3O5/c1-18(2)22(31-26-12-10-20(15-29-26)23(32)7-5-9-28(33)34)17-35-27-13-11-21(16-30-27)25-14-19-6-3-4-8-24(19)36-25/h3-4,6,8,10-16,18,22H,5,7,9,17H2,1-2H3,(H,29,31)(H,33,34)/t22-/m1/s1. The molecule has 3 aromatic heterocycles. The number of furan rings is 1. The first-order valence-electron chi connectivity index (χ1n) is 11.9. The van der Waals surface area contributed by atoms with Crippen LogP contribution in [0.25, 0.3) is 22.3 Å². The number of nitrogens with one attached hydrogen (secondary N) is 1. The van der Waals surface area contributed by atoms with E-state index in [1.54, 1.807) is 18.3 Å². The minimum Gasteiger partial charge on any atom is -0.481 e. The molecule has 4 aromatic rings. The number of ketones is 1. The van der Waals surface area contributed by atoms with Gasteiger partial charge in [0.2, 0.25) is 5.88 Å². The van der Waals surface area contributed by atoms with Gasteiger partial charge in [-0.3, -0.25) is 9.59 Å². The number of benzene rings is 1. The maximum Gasteiger partial charge on any atom is 0.303 e. The predicted molar refractivity (Wildman–Crippen MR) is 137 cm³/mol. The van der Waals surface area contributed by atoms with Crippen molar-refractivity contribution in [2.45, 2.75) is 39.2 Å². The number of aliphatic carboxylic acids is 1. The number of carbonyl (C=O) groups excluding carboxylic acids is 1. The molecule has 0 aliphatic rings. The molecule has 8 nitrogen and oxygen atoms in total. The highest BCUT2D eigenvalue weighted by atomic mass is 16.5. The molecular formula is C28H29N3O5. The molecule has 0 aliphatic heterocycles. The monoisotopic (exact) mass is 487 g/mol. The van der Waals surface area contributed by atoms with Gasteiger partial charge >= 0.3 is 5.97 Å². The molecule has 0 saturated heterocycles. The van der Waals surface area contributed by atoms with Crippen LogP contribution in [0.4, 0.5) is 5.82 Å². The normalized spacial score (nSPS) is 12.0. The summed E-state index contributed by atoms with van der Waals surface area (Å²) in [6.07, 6.45) is 3.73. The van der Waals surface area contributed by atoms with E-state index in [2.05, 4.69) is 29.1 Å². The summed E-state index contributed by atoms with van der Waals surface area (Å²) in [4.78, 5) is 31.6. The summed E-state index contributed by atoms with van der Waals surface area (Å²) in [7, 11) is 0. The van der Waals surface area contributed by atoms with Gasteiger partial charge in [0.05, 0.1) is 6.04 Å². The van der Waals surface area contributed by atoms with Crippen LogP contribution in [0.1, 0.15) is 43.5 Å². The fraction of sp³-hybridized carbons (Fsp3) is 0.286. The molecule has 186 valence electrons. The lowest BCUT2D eigenvalue weighted by Gasteiger charge is -2.23. The Morgan fingerprint density at radius 2 is 1.86 bits per heavy atom. The summed E-state index contributed by atoms with van der Waals surface area (Å²) in [5.41, 5.74) is 2.18. The third kappa shape index (κ3) is 6.47. The second-order valence-corrected chi connectivity index (χ2v) is 8.94. The number of rotatable bonds is 12. The van der Waals surface area contributed by atoms with Crippen LogP contribution in [0.5, 0.6) is 5.88 Å². The number of carboxylic acids is 1. The number of aromatic nitrogens is 2. The van der Waals surface area contributed by atoms with Crippen molar-refractivity contribution in [1.82, 2.24) is 9.97 Å². The number of ether oxygens (including phenoxy) is 1. The number of para-hydroxylation sites is 1. The first-order chi connectivity index (χ1) is 17.4. The van der Waals surface area contributed by atoms with Crippen LogP contribution < -0.4 is 10.1 Å². The third-order valence-corrected chi connectivity index (χ3v) is 5.88. The Bertz CT molecular complexity index is 1280. The summed E-state index contributed by atoms with van der Waals surface area (Å²) in [6, 6.07) is 17.0. The molecule has 36 heavy (non-hydrogen) atoms. The van der Waals surface area contributed by atoms with E-state index >= 15 is 0 Å². The Kier molecular flexibility index (Phi) is 7.95. The second kappa shape index (κ2) is 11.5. The van der Waals surface area contributed by atoms with Gasteiger partial charge in [0.1, 0.15) is 23.8 Å². The number of anilines is 1. The predicted octanol–water partition coefficient (Wildman–Crippen LogP) is 5.84. The van der Waals surface area contributed by atoms with Crippen molar-refractivity contribution in [2.24, 2.45) is 5.92 Å². The van der Waals surface area contributed by atoms with E-state index in [9.17, 15) is 9.59 Å². The van der Waals surface area contributed by atoms with E-state index in [4.69, 9.17) is 14.3 Å². The van der Waals surface area contributed by atoms with E-state index in [1.165, 1.54) is 6.20 Å². The second-order valence-electron chi connectivity index (χ2n) is 8.94. The van der Waals surface area contributed by atoms with Crippen molar-refractivity contribution in [3.63, 3.8) is 0 Å². The first kappa shape index (κ1) is 24.9. The maximum atomic E-state index is 12.2.